The predicted octanol–water partition coefficient (Wildman–Crippen LogP) is 2.64. The first-order valence-corrected chi connectivity index (χ1v) is 8.81. The molecule has 4 heteroatoms. The molecule has 1 saturated carbocycles. The summed E-state index contributed by atoms with van der Waals surface area (Å²) in [6, 6.07) is 0.138. The fourth-order valence-electron chi connectivity index (χ4n) is 4.68. The number of hydrogen-bond donors (Lipinski definition) is 1. The van der Waals surface area contributed by atoms with Crippen molar-refractivity contribution in [3.8, 4) is 0 Å². The van der Waals surface area contributed by atoms with Crippen molar-refractivity contribution in [2.45, 2.75) is 75.5 Å². The lowest BCUT2D eigenvalue weighted by molar-refractivity contribution is -0.136. The maximum absolute atomic E-state index is 6.77. The van der Waals surface area contributed by atoms with Crippen molar-refractivity contribution >= 4 is 0 Å². The molecule has 2 heterocycles. The fourth-order valence-corrected chi connectivity index (χ4v) is 4.68. The van der Waals surface area contributed by atoms with Crippen molar-refractivity contribution in [3.63, 3.8) is 0 Å². The van der Waals surface area contributed by atoms with Crippen LogP contribution >= 0.6 is 0 Å². The largest absolute Gasteiger partial charge is 0.378 e. The van der Waals surface area contributed by atoms with E-state index in [0.717, 1.165) is 58.5 Å². The molecule has 4 nitrogen and oxygen atoms in total. The topological polar surface area (TPSA) is 53.7 Å². The van der Waals surface area contributed by atoms with Gasteiger partial charge in [-0.15, -0.1) is 0 Å². The van der Waals surface area contributed by atoms with E-state index >= 15 is 0 Å². The summed E-state index contributed by atoms with van der Waals surface area (Å²) in [7, 11) is 0. The summed E-state index contributed by atoms with van der Waals surface area (Å²) in [4.78, 5) is 0. The van der Waals surface area contributed by atoms with Crippen molar-refractivity contribution in [1.29, 1.82) is 0 Å². The molecule has 2 aliphatic heterocycles. The fraction of sp³-hybridized carbons (Fsp3) is 1.00. The number of rotatable bonds is 4. The highest BCUT2D eigenvalue weighted by atomic mass is 16.6. The zero-order valence-corrected chi connectivity index (χ0v) is 13.4. The lowest BCUT2D eigenvalue weighted by atomic mass is 9.70. The van der Waals surface area contributed by atoms with E-state index < -0.39 is 0 Å². The van der Waals surface area contributed by atoms with Gasteiger partial charge >= 0.3 is 0 Å². The predicted molar refractivity (Wildman–Crippen MR) is 82.3 cm³/mol. The van der Waals surface area contributed by atoms with Gasteiger partial charge in [0.1, 0.15) is 0 Å². The van der Waals surface area contributed by atoms with E-state index in [0.29, 0.717) is 5.92 Å². The van der Waals surface area contributed by atoms with Crippen LogP contribution in [0.1, 0.15) is 58.3 Å². The van der Waals surface area contributed by atoms with Gasteiger partial charge in [0.05, 0.1) is 17.8 Å². The smallest absolute Gasteiger partial charge is 0.0939 e. The quantitative estimate of drug-likeness (QED) is 0.866. The van der Waals surface area contributed by atoms with Crippen LogP contribution in [0.25, 0.3) is 0 Å². The molecule has 2 saturated heterocycles. The van der Waals surface area contributed by atoms with E-state index in [9.17, 15) is 0 Å². The first-order chi connectivity index (χ1) is 10.2. The summed E-state index contributed by atoms with van der Waals surface area (Å²) in [5, 5.41) is 0. The summed E-state index contributed by atoms with van der Waals surface area (Å²) >= 11 is 0. The van der Waals surface area contributed by atoms with Crippen LogP contribution in [-0.2, 0) is 14.2 Å². The van der Waals surface area contributed by atoms with Crippen LogP contribution in [0, 0.1) is 5.92 Å². The van der Waals surface area contributed by atoms with Gasteiger partial charge in [-0.2, -0.15) is 0 Å². The normalized spacial score (nSPS) is 37.7. The Morgan fingerprint density at radius 1 is 1.19 bits per heavy atom. The maximum atomic E-state index is 6.77. The molecular weight excluding hydrogens is 266 g/mol. The molecule has 0 amide bonds. The zero-order chi connectivity index (χ0) is 14.8. The summed E-state index contributed by atoms with van der Waals surface area (Å²) in [5.74, 6) is 0.505. The molecule has 0 aromatic carbocycles. The first-order valence-electron chi connectivity index (χ1n) is 8.81. The zero-order valence-electron chi connectivity index (χ0n) is 13.4. The van der Waals surface area contributed by atoms with Gasteiger partial charge in [0.2, 0.25) is 0 Å². The van der Waals surface area contributed by atoms with Gasteiger partial charge in [-0.1, -0.05) is 19.3 Å². The third-order valence-electron chi connectivity index (χ3n) is 5.85. The van der Waals surface area contributed by atoms with Crippen LogP contribution in [0.2, 0.25) is 0 Å². The summed E-state index contributed by atoms with van der Waals surface area (Å²) < 4.78 is 17.9. The third-order valence-corrected chi connectivity index (χ3v) is 5.85. The van der Waals surface area contributed by atoms with Gasteiger partial charge < -0.3 is 19.9 Å². The van der Waals surface area contributed by atoms with Gasteiger partial charge in [0.15, 0.2) is 0 Å². The molecule has 0 aromatic rings. The highest BCUT2D eigenvalue weighted by molar-refractivity contribution is 5.01. The van der Waals surface area contributed by atoms with Gasteiger partial charge in [-0.3, -0.25) is 0 Å². The van der Waals surface area contributed by atoms with Crippen molar-refractivity contribution in [2.75, 3.05) is 26.4 Å². The van der Waals surface area contributed by atoms with Crippen LogP contribution in [0.3, 0.4) is 0 Å². The molecular formula is C17H31NO3. The van der Waals surface area contributed by atoms with E-state index in [-0.39, 0.29) is 17.2 Å². The van der Waals surface area contributed by atoms with Crippen LogP contribution in [-0.4, -0.2) is 43.7 Å². The molecule has 3 rings (SSSR count). The van der Waals surface area contributed by atoms with E-state index in [2.05, 4.69) is 6.92 Å². The first kappa shape index (κ1) is 15.7. The molecule has 3 fully saturated rings. The van der Waals surface area contributed by atoms with Gasteiger partial charge in [0.25, 0.3) is 0 Å². The molecule has 2 N–H and O–H groups in total. The Morgan fingerprint density at radius 2 is 2.00 bits per heavy atom. The van der Waals surface area contributed by atoms with Gasteiger partial charge in [-0.25, -0.2) is 0 Å². The summed E-state index contributed by atoms with van der Waals surface area (Å²) in [6.07, 6.45) is 9.23. The number of hydrogen-bond acceptors (Lipinski definition) is 4. The van der Waals surface area contributed by atoms with Crippen molar-refractivity contribution in [1.82, 2.24) is 0 Å². The Bertz CT molecular complexity index is 329. The lowest BCUT2D eigenvalue weighted by Gasteiger charge is -2.48. The van der Waals surface area contributed by atoms with Crippen LogP contribution in [0.5, 0.6) is 0 Å². The molecule has 3 aliphatic rings. The van der Waals surface area contributed by atoms with Crippen molar-refractivity contribution in [3.05, 3.63) is 0 Å². The molecule has 0 aromatic heterocycles. The van der Waals surface area contributed by atoms with Gasteiger partial charge in [0, 0.05) is 32.3 Å². The highest BCUT2D eigenvalue weighted by Crippen LogP contribution is 2.43. The minimum atomic E-state index is -0.0876. The molecule has 1 spiro atoms. The molecule has 0 radical (unpaired) electrons. The molecule has 1 aliphatic carbocycles. The van der Waals surface area contributed by atoms with E-state index in [1.807, 2.05) is 0 Å². The standard InChI is InChI=1S/C17H31NO3/c1-2-20-17(7-4-3-5-8-17)15(18)14-6-10-21-16(12-14)9-11-19-13-16/h14-15H,2-13,18H2,1H3. The van der Waals surface area contributed by atoms with Crippen LogP contribution < -0.4 is 5.73 Å². The van der Waals surface area contributed by atoms with E-state index in [1.54, 1.807) is 0 Å². The molecule has 3 unspecified atom stereocenters. The molecule has 122 valence electrons. The Labute approximate surface area is 128 Å². The number of nitrogens with two attached hydrogens (primary N) is 1. The second-order valence-corrected chi connectivity index (χ2v) is 7.17. The van der Waals surface area contributed by atoms with E-state index in [4.69, 9.17) is 19.9 Å². The highest BCUT2D eigenvalue weighted by Gasteiger charge is 2.48. The molecule has 0 bridgehead atoms. The minimum Gasteiger partial charge on any atom is -0.378 e. The van der Waals surface area contributed by atoms with Crippen molar-refractivity contribution < 1.29 is 14.2 Å². The lowest BCUT2D eigenvalue weighted by Crippen LogP contribution is -2.58. The monoisotopic (exact) mass is 297 g/mol. The van der Waals surface area contributed by atoms with Crippen molar-refractivity contribution in [2.24, 2.45) is 11.7 Å². The van der Waals surface area contributed by atoms with Crippen LogP contribution in [0.4, 0.5) is 0 Å². The summed E-state index contributed by atoms with van der Waals surface area (Å²) in [5.41, 5.74) is 6.63. The second kappa shape index (κ2) is 6.53. The van der Waals surface area contributed by atoms with E-state index in [1.165, 1.54) is 19.3 Å². The average Bonchev–Trinajstić information content (AvgIpc) is 2.95. The molecule has 3 atom stereocenters. The third kappa shape index (κ3) is 3.14. The maximum Gasteiger partial charge on any atom is 0.0939 e. The van der Waals surface area contributed by atoms with Gasteiger partial charge in [-0.05, 0) is 38.5 Å². The SMILES string of the molecule is CCOC1(C(N)C2CCOC3(CCOC3)C2)CCCCC1. The minimum absolute atomic E-state index is 0.0530. The Hall–Kier alpha value is -0.160. The Morgan fingerprint density at radius 3 is 2.67 bits per heavy atom. The Kier molecular flexibility index (Phi) is 4.89. The van der Waals surface area contributed by atoms with Crippen LogP contribution in [0.15, 0.2) is 0 Å². The summed E-state index contributed by atoms with van der Waals surface area (Å²) in [6.45, 7) is 5.27. The number of ether oxygens (including phenoxy) is 3. The second-order valence-electron chi connectivity index (χ2n) is 7.17. The average molecular weight is 297 g/mol. The molecule has 21 heavy (non-hydrogen) atoms. The Balaban J connectivity index is 1.71.